The van der Waals surface area contributed by atoms with E-state index in [0.717, 1.165) is 16.9 Å². The zero-order valence-electron chi connectivity index (χ0n) is 17.0. The Morgan fingerprint density at radius 2 is 1.87 bits per heavy atom. The minimum Gasteiger partial charge on any atom is -0.378 e. The van der Waals surface area contributed by atoms with Crippen LogP contribution in [0.2, 0.25) is 0 Å². The molecule has 2 amide bonds. The van der Waals surface area contributed by atoms with Crippen molar-refractivity contribution < 1.29 is 9.59 Å². The van der Waals surface area contributed by atoms with Gasteiger partial charge in [0.15, 0.2) is 5.17 Å². The average Bonchev–Trinajstić information content (AvgIpc) is 3.03. The van der Waals surface area contributed by atoms with Gasteiger partial charge in [-0.15, -0.1) is 6.58 Å². The fourth-order valence-corrected chi connectivity index (χ4v) is 3.61. The van der Waals surface area contributed by atoms with Gasteiger partial charge in [-0.1, -0.05) is 48.2 Å². The zero-order chi connectivity index (χ0) is 21.5. The summed E-state index contributed by atoms with van der Waals surface area (Å²) in [5.41, 5.74) is 3.05. The number of amidine groups is 1. The topological polar surface area (TPSA) is 65.0 Å². The first-order chi connectivity index (χ1) is 14.5. The highest BCUT2D eigenvalue weighted by atomic mass is 32.2. The van der Waals surface area contributed by atoms with E-state index in [2.05, 4.69) is 16.9 Å². The van der Waals surface area contributed by atoms with Crippen LogP contribution < -0.4 is 10.2 Å². The molecule has 30 heavy (non-hydrogen) atoms. The number of hydrogen-bond acceptors (Lipinski definition) is 5. The molecule has 1 aliphatic rings. The molecule has 0 aromatic heterocycles. The molecule has 0 saturated heterocycles. The molecule has 0 bridgehead atoms. The summed E-state index contributed by atoms with van der Waals surface area (Å²) in [5, 5.41) is 3.33. The summed E-state index contributed by atoms with van der Waals surface area (Å²) in [4.78, 5) is 33.1. The Labute approximate surface area is 181 Å². The van der Waals surface area contributed by atoms with E-state index < -0.39 is 0 Å². The predicted molar refractivity (Wildman–Crippen MR) is 126 cm³/mol. The number of hydrogen-bond donors (Lipinski definition) is 1. The number of rotatable bonds is 7. The molecule has 154 valence electrons. The monoisotopic (exact) mass is 420 g/mol. The van der Waals surface area contributed by atoms with Crippen LogP contribution in [0.1, 0.15) is 5.56 Å². The molecule has 0 aliphatic carbocycles. The summed E-state index contributed by atoms with van der Waals surface area (Å²) in [6.45, 7) is 4.05. The van der Waals surface area contributed by atoms with Gasteiger partial charge in [0.05, 0.1) is 5.75 Å². The Bertz CT molecular complexity index is 982. The molecule has 1 heterocycles. The third-order valence-electron chi connectivity index (χ3n) is 4.33. The molecule has 1 aliphatic heterocycles. The molecule has 7 heteroatoms. The van der Waals surface area contributed by atoms with Crippen molar-refractivity contribution in [2.45, 2.75) is 0 Å². The first-order valence-corrected chi connectivity index (χ1v) is 10.4. The molecule has 0 unspecified atom stereocenters. The summed E-state index contributed by atoms with van der Waals surface area (Å²) >= 11 is 1.23. The number of nitrogens with one attached hydrogen (secondary N) is 1. The van der Waals surface area contributed by atoms with Crippen molar-refractivity contribution in [1.82, 2.24) is 4.90 Å². The van der Waals surface area contributed by atoms with Crippen LogP contribution in [-0.2, 0) is 9.59 Å². The highest BCUT2D eigenvalue weighted by Gasteiger charge is 2.30. The summed E-state index contributed by atoms with van der Waals surface area (Å²) in [7, 11) is 3.95. The number of thioether (sulfide) groups is 1. The van der Waals surface area contributed by atoms with Gasteiger partial charge in [0.2, 0.25) is 5.91 Å². The van der Waals surface area contributed by atoms with Crippen LogP contribution in [-0.4, -0.2) is 48.3 Å². The Balaban J connectivity index is 1.72. The predicted octanol–water partition coefficient (Wildman–Crippen LogP) is 3.85. The van der Waals surface area contributed by atoms with Crippen LogP contribution >= 0.6 is 11.8 Å². The number of anilines is 2. The lowest BCUT2D eigenvalue weighted by molar-refractivity contribution is -0.122. The lowest BCUT2D eigenvalue weighted by Crippen LogP contribution is -2.31. The Kier molecular flexibility index (Phi) is 7.08. The SMILES string of the molecule is C=CCN1C(=O)/C(=C\c2ccc(N(C)C)cc2)N=C1SCC(=O)Nc1ccccc1. The van der Waals surface area contributed by atoms with E-state index in [1.165, 1.54) is 16.7 Å². The van der Waals surface area contributed by atoms with Crippen molar-refractivity contribution in [2.24, 2.45) is 4.99 Å². The van der Waals surface area contributed by atoms with E-state index in [1.54, 1.807) is 12.2 Å². The van der Waals surface area contributed by atoms with Gasteiger partial charge in [0.25, 0.3) is 5.91 Å². The van der Waals surface area contributed by atoms with Crippen LogP contribution in [0.5, 0.6) is 0 Å². The number of carbonyl (C=O) groups excluding carboxylic acids is 2. The zero-order valence-corrected chi connectivity index (χ0v) is 17.9. The van der Waals surface area contributed by atoms with Crippen LogP contribution in [0.15, 0.2) is 77.9 Å². The van der Waals surface area contributed by atoms with Crippen molar-refractivity contribution in [3.8, 4) is 0 Å². The van der Waals surface area contributed by atoms with E-state index in [9.17, 15) is 9.59 Å². The lowest BCUT2D eigenvalue weighted by atomic mass is 10.1. The third-order valence-corrected chi connectivity index (χ3v) is 5.30. The molecule has 2 aromatic rings. The second kappa shape index (κ2) is 9.93. The van der Waals surface area contributed by atoms with E-state index >= 15 is 0 Å². The second-order valence-electron chi connectivity index (χ2n) is 6.82. The molecule has 0 atom stereocenters. The quantitative estimate of drug-likeness (QED) is 0.546. The summed E-state index contributed by atoms with van der Waals surface area (Å²) in [6.07, 6.45) is 3.41. The van der Waals surface area contributed by atoms with Gasteiger partial charge in [-0.2, -0.15) is 0 Å². The smallest absolute Gasteiger partial charge is 0.278 e. The first-order valence-electron chi connectivity index (χ1n) is 9.46. The normalized spacial score (nSPS) is 14.6. The molecule has 0 radical (unpaired) electrons. The molecule has 2 aromatic carbocycles. The molecule has 3 rings (SSSR count). The number of para-hydroxylation sites is 1. The maximum atomic E-state index is 12.8. The summed E-state index contributed by atoms with van der Waals surface area (Å²) in [5.74, 6) is -0.200. The van der Waals surface area contributed by atoms with Crippen LogP contribution in [0, 0.1) is 0 Å². The number of benzene rings is 2. The van der Waals surface area contributed by atoms with Gasteiger partial charge in [-0.25, -0.2) is 4.99 Å². The Hall–Kier alpha value is -3.32. The van der Waals surface area contributed by atoms with Crippen LogP contribution in [0.4, 0.5) is 11.4 Å². The van der Waals surface area contributed by atoms with Crippen molar-refractivity contribution in [2.75, 3.05) is 36.6 Å². The van der Waals surface area contributed by atoms with Crippen molar-refractivity contribution in [1.29, 1.82) is 0 Å². The average molecular weight is 421 g/mol. The van der Waals surface area contributed by atoms with Gasteiger partial charge in [-0.05, 0) is 35.9 Å². The molecule has 6 nitrogen and oxygen atoms in total. The molecule has 1 N–H and O–H groups in total. The van der Waals surface area contributed by atoms with Crippen LogP contribution in [0.3, 0.4) is 0 Å². The van der Waals surface area contributed by atoms with E-state index in [0.29, 0.717) is 17.4 Å². The van der Waals surface area contributed by atoms with Gasteiger partial charge in [-0.3, -0.25) is 14.5 Å². The highest BCUT2D eigenvalue weighted by Crippen LogP contribution is 2.25. The Morgan fingerprint density at radius 1 is 1.17 bits per heavy atom. The number of aliphatic imine (C=N–C) groups is 1. The third kappa shape index (κ3) is 5.39. The number of nitrogens with zero attached hydrogens (tertiary/aromatic N) is 3. The lowest BCUT2D eigenvalue weighted by Gasteiger charge is -2.15. The maximum Gasteiger partial charge on any atom is 0.278 e. The minimum absolute atomic E-state index is 0.152. The van der Waals surface area contributed by atoms with Gasteiger partial charge in [0.1, 0.15) is 5.70 Å². The van der Waals surface area contributed by atoms with Crippen molar-refractivity contribution in [3.05, 3.63) is 78.5 Å². The second-order valence-corrected chi connectivity index (χ2v) is 7.76. The van der Waals surface area contributed by atoms with E-state index in [-0.39, 0.29) is 17.6 Å². The number of carbonyl (C=O) groups is 2. The molecule has 0 spiro atoms. The first kappa shape index (κ1) is 21.4. The minimum atomic E-state index is -0.197. The molecule has 0 saturated carbocycles. The fraction of sp³-hybridized carbons (Fsp3) is 0.174. The largest absolute Gasteiger partial charge is 0.378 e. The fourth-order valence-electron chi connectivity index (χ4n) is 2.81. The molecule has 0 fully saturated rings. The Morgan fingerprint density at radius 3 is 2.50 bits per heavy atom. The summed E-state index contributed by atoms with van der Waals surface area (Å²) < 4.78 is 0. The highest BCUT2D eigenvalue weighted by molar-refractivity contribution is 8.14. The standard InChI is InChI=1S/C23H24N4O2S/c1-4-14-27-22(29)20(15-17-10-12-19(13-11-17)26(2)3)25-23(27)30-16-21(28)24-18-8-6-5-7-9-18/h4-13,15H,1,14,16H2,2-3H3,(H,24,28)/b20-15+. The van der Waals surface area contributed by atoms with E-state index in [4.69, 9.17) is 0 Å². The van der Waals surface area contributed by atoms with Gasteiger partial charge >= 0.3 is 0 Å². The van der Waals surface area contributed by atoms with Gasteiger partial charge in [0, 0.05) is 32.0 Å². The summed E-state index contributed by atoms with van der Waals surface area (Å²) in [6, 6.07) is 17.1. The van der Waals surface area contributed by atoms with Crippen LogP contribution in [0.25, 0.3) is 6.08 Å². The molecular weight excluding hydrogens is 396 g/mol. The van der Waals surface area contributed by atoms with Crippen molar-refractivity contribution in [3.63, 3.8) is 0 Å². The van der Waals surface area contributed by atoms with Gasteiger partial charge < -0.3 is 10.2 Å². The van der Waals surface area contributed by atoms with Crippen molar-refractivity contribution >= 4 is 46.2 Å². The maximum absolute atomic E-state index is 12.8. The number of amides is 2. The molecular formula is C23H24N4O2S. The van der Waals surface area contributed by atoms with E-state index in [1.807, 2.05) is 73.6 Å².